The molecule has 0 N–H and O–H groups in total. The molecule has 0 amide bonds. The van der Waals surface area contributed by atoms with Crippen LogP contribution in [0, 0.1) is 22.2 Å². The van der Waals surface area contributed by atoms with Crippen LogP contribution in [0.1, 0.15) is 86.0 Å². The predicted octanol–water partition coefficient (Wildman–Crippen LogP) is 18.2. The molecule has 0 aliphatic heterocycles. The van der Waals surface area contributed by atoms with Crippen molar-refractivity contribution in [2.24, 2.45) is 10.8 Å². The van der Waals surface area contributed by atoms with Gasteiger partial charge < -0.3 is 0 Å². The van der Waals surface area contributed by atoms with E-state index >= 15 is 0 Å². The molecular formula is C72H66N4. The highest BCUT2D eigenvalue weighted by Crippen LogP contribution is 2.42. The summed E-state index contributed by atoms with van der Waals surface area (Å²) in [5, 5.41) is 10.1. The van der Waals surface area contributed by atoms with Crippen LogP contribution in [0.5, 0.6) is 0 Å². The first-order valence-electron chi connectivity index (χ1n) is 28.4. The largest absolute Gasteiger partial charge is 0.256 e. The van der Waals surface area contributed by atoms with Crippen LogP contribution in [0.3, 0.4) is 0 Å². The molecule has 3 aromatic heterocycles. The van der Waals surface area contributed by atoms with Crippen molar-refractivity contribution in [3.8, 4) is 84.3 Å². The maximum absolute atomic E-state index is 10.1. The average Bonchev–Trinajstić information content (AvgIpc) is 3.68. The number of benzene rings is 7. The summed E-state index contributed by atoms with van der Waals surface area (Å²) in [7, 11) is 0. The molecule has 0 bridgehead atoms. The summed E-state index contributed by atoms with van der Waals surface area (Å²) in [6.07, 6.45) is 5.49. The number of hydrogen-bond donors (Lipinski definition) is 0. The smallest absolute Gasteiger partial charge is 0.0994 e. The monoisotopic (exact) mass is 991 g/mol. The van der Waals surface area contributed by atoms with Crippen LogP contribution in [0.25, 0.3) is 78.3 Å². The summed E-state index contributed by atoms with van der Waals surface area (Å²) in [6, 6.07) is 71.7. The maximum Gasteiger partial charge on any atom is 0.0994 e. The molecule has 0 atom stereocenters. The summed E-state index contributed by atoms with van der Waals surface area (Å²) in [5.74, 6) is 0. The normalized spacial score (nSPS) is 12.8. The molecule has 0 aliphatic rings. The van der Waals surface area contributed by atoms with Crippen LogP contribution in [0.2, 0.25) is 0 Å². The highest BCUT2D eigenvalue weighted by molar-refractivity contribution is 5.94. The summed E-state index contributed by atoms with van der Waals surface area (Å²) in [6.45, 7) is 11.3. The predicted molar refractivity (Wildman–Crippen MR) is 317 cm³/mol. The van der Waals surface area contributed by atoms with Gasteiger partial charge in [-0.05, 0) is 176 Å². The molecule has 0 fully saturated rings. The molecule has 0 spiro atoms. The van der Waals surface area contributed by atoms with Gasteiger partial charge in [0.25, 0.3) is 0 Å². The van der Waals surface area contributed by atoms with Gasteiger partial charge in [0.1, 0.15) is 0 Å². The van der Waals surface area contributed by atoms with Crippen LogP contribution in [0.15, 0.2) is 219 Å². The minimum atomic E-state index is -1.75. The molecule has 4 nitrogen and oxygen atoms in total. The van der Waals surface area contributed by atoms with Crippen LogP contribution in [-0.2, 0) is 38.4 Å². The molecule has 4 heteroatoms. The molecule has 0 radical (unpaired) electrons. The van der Waals surface area contributed by atoms with Crippen molar-refractivity contribution in [2.75, 3.05) is 0 Å². The average molecular weight is 991 g/mol. The van der Waals surface area contributed by atoms with Crippen molar-refractivity contribution in [3.05, 3.63) is 258 Å². The van der Waals surface area contributed by atoms with Gasteiger partial charge in [0.15, 0.2) is 0 Å². The molecule has 10 aromatic rings. The zero-order valence-corrected chi connectivity index (χ0v) is 44.4. The lowest BCUT2D eigenvalue weighted by Crippen LogP contribution is -2.10. The van der Waals surface area contributed by atoms with E-state index in [2.05, 4.69) is 149 Å². The molecule has 10 rings (SSSR count). The third kappa shape index (κ3) is 12.7. The second-order valence-corrected chi connectivity index (χ2v) is 21.8. The van der Waals surface area contributed by atoms with E-state index in [0.29, 0.717) is 16.7 Å². The molecule has 76 heavy (non-hydrogen) atoms. The fourth-order valence-corrected chi connectivity index (χ4v) is 9.93. The van der Waals surface area contributed by atoms with Crippen LogP contribution >= 0.6 is 0 Å². The van der Waals surface area contributed by atoms with E-state index in [-0.39, 0.29) is 0 Å². The summed E-state index contributed by atoms with van der Waals surface area (Å²) in [4.78, 5) is 14.0. The van der Waals surface area contributed by atoms with Crippen molar-refractivity contribution in [1.82, 2.24) is 15.0 Å². The van der Waals surface area contributed by atoms with Gasteiger partial charge in [0, 0.05) is 40.8 Å². The topological polar surface area (TPSA) is 62.5 Å². The van der Waals surface area contributed by atoms with Gasteiger partial charge in [-0.2, -0.15) is 5.26 Å². The van der Waals surface area contributed by atoms with Crippen molar-refractivity contribution in [2.45, 2.75) is 80.0 Å². The van der Waals surface area contributed by atoms with Gasteiger partial charge in [0.05, 0.1) is 28.7 Å². The third-order valence-electron chi connectivity index (χ3n) is 13.6. The highest BCUT2D eigenvalue weighted by Gasteiger charge is 2.19. The Morgan fingerprint density at radius 3 is 1.39 bits per heavy atom. The Morgan fingerprint density at radius 1 is 0.368 bits per heavy atom. The van der Waals surface area contributed by atoms with E-state index < -0.39 is 23.6 Å². The number of nitriles is 1. The molecule has 0 aliphatic carbocycles. The number of nitrogens with zero attached hydrogens (tertiary/aromatic N) is 4. The molecule has 0 saturated carbocycles. The Labute approximate surface area is 456 Å². The summed E-state index contributed by atoms with van der Waals surface area (Å²) >= 11 is 0. The second-order valence-electron chi connectivity index (χ2n) is 21.8. The molecular weight excluding hydrogens is 921 g/mol. The lowest BCUT2D eigenvalue weighted by atomic mass is 9.85. The van der Waals surface area contributed by atoms with Crippen molar-refractivity contribution < 1.29 is 5.48 Å². The van der Waals surface area contributed by atoms with Crippen molar-refractivity contribution in [1.29, 1.82) is 5.26 Å². The van der Waals surface area contributed by atoms with E-state index in [0.717, 1.165) is 104 Å². The Hall–Kier alpha value is -8.52. The second kappa shape index (κ2) is 22.5. The van der Waals surface area contributed by atoms with Gasteiger partial charge in [0.2, 0.25) is 0 Å². The molecule has 0 saturated heterocycles. The van der Waals surface area contributed by atoms with Gasteiger partial charge in [-0.3, -0.25) is 15.0 Å². The zero-order chi connectivity index (χ0) is 56.2. The zero-order valence-electron chi connectivity index (χ0n) is 48.4. The van der Waals surface area contributed by atoms with Crippen molar-refractivity contribution >= 4 is 0 Å². The number of hydrogen-bond acceptors (Lipinski definition) is 4. The Bertz CT molecular complexity index is 3710. The fraction of sp³-hybridized carbons (Fsp3) is 0.194. The lowest BCUT2D eigenvalue weighted by Gasteiger charge is -2.20. The molecule has 3 heterocycles. The Balaban J connectivity index is 1.05. The Kier molecular flexibility index (Phi) is 13.6. The highest BCUT2D eigenvalue weighted by atomic mass is 14.7. The molecule has 0 unspecified atom stereocenters. The first-order valence-corrected chi connectivity index (χ1v) is 26.4. The van der Waals surface area contributed by atoms with Gasteiger partial charge in [-0.15, -0.1) is 0 Å². The van der Waals surface area contributed by atoms with E-state index in [1.807, 2.05) is 115 Å². The standard InChI is InChI=1S/C72H66N4/c1-71(2,3)46-54-25-38-70(76-49-54)60-36-37-66(67(45-60)56-32-30-55(31-33-56)59-34-35-61(48-73)63(44-59)47-72(4,5)6)65-14-8-7-13-64(65)62-42-52(19-17-50-21-26-57(27-22-50)68-15-9-11-39-74-68)41-53(43-62)20-18-51-23-28-58(29-24-51)69-16-10-12-40-75-69/h7-16,21-45,49H,17-20,46-47H2,1-6H3/i46D2,47D2. The van der Waals surface area contributed by atoms with Gasteiger partial charge in [-0.1, -0.05) is 193 Å². The number of aryl methyl sites for hydroxylation is 4. The fourth-order valence-electron chi connectivity index (χ4n) is 9.93. The number of aromatic nitrogens is 3. The minimum Gasteiger partial charge on any atom is -0.256 e. The Morgan fingerprint density at radius 2 is 0.855 bits per heavy atom. The third-order valence-corrected chi connectivity index (χ3v) is 13.6. The lowest BCUT2D eigenvalue weighted by molar-refractivity contribution is 0.410. The quantitative estimate of drug-likeness (QED) is 0.103. The SMILES string of the molecule is [2H]C([2H])(c1ccc(-c2ccc(-c3ccccc3-c3cc(CCc4ccc(-c5ccccn5)cc4)cc(CCc4ccc(-c5ccccn5)cc4)c3)c(-c3ccc(-c4ccc(C#N)c(C([2H])([2H])C(C)(C)C)c4)cc3)c2)nc1)C(C)(C)C. The molecule has 7 aromatic carbocycles. The van der Waals surface area contributed by atoms with E-state index in [1.165, 1.54) is 22.3 Å². The summed E-state index contributed by atoms with van der Waals surface area (Å²) < 4.78 is 36.1. The first kappa shape index (κ1) is 46.0. The molecule has 374 valence electrons. The van der Waals surface area contributed by atoms with E-state index in [4.69, 9.17) is 10.5 Å². The van der Waals surface area contributed by atoms with Crippen LogP contribution in [-0.4, -0.2) is 15.0 Å². The minimum absolute atomic E-state index is 0.331. The first-order chi connectivity index (χ1) is 38.4. The number of pyridine rings is 3. The van der Waals surface area contributed by atoms with E-state index in [9.17, 15) is 5.26 Å². The maximum atomic E-state index is 10.1. The van der Waals surface area contributed by atoms with Crippen LogP contribution in [0.4, 0.5) is 0 Å². The van der Waals surface area contributed by atoms with E-state index in [1.54, 1.807) is 12.3 Å². The van der Waals surface area contributed by atoms with Gasteiger partial charge in [-0.25, -0.2) is 0 Å². The van der Waals surface area contributed by atoms with Crippen molar-refractivity contribution in [3.63, 3.8) is 0 Å². The van der Waals surface area contributed by atoms with Gasteiger partial charge >= 0.3 is 0 Å². The number of rotatable bonds is 15. The van der Waals surface area contributed by atoms with Crippen LogP contribution < -0.4 is 0 Å². The summed E-state index contributed by atoms with van der Waals surface area (Å²) in [5.41, 5.74) is 18.8.